The number of likely N-dealkylation sites (N-methyl/N-ethyl adjacent to an activating group) is 1. The van der Waals surface area contributed by atoms with Crippen LogP contribution < -0.4 is 11.1 Å². The second-order valence-electron chi connectivity index (χ2n) is 5.42. The van der Waals surface area contributed by atoms with Crippen molar-refractivity contribution in [1.29, 1.82) is 0 Å². The summed E-state index contributed by atoms with van der Waals surface area (Å²) in [6.45, 7) is 3.72. The molecule has 0 saturated heterocycles. The van der Waals surface area contributed by atoms with Gasteiger partial charge in [-0.05, 0) is 25.8 Å². The Balaban J connectivity index is 2.34. The van der Waals surface area contributed by atoms with Gasteiger partial charge in [0, 0.05) is 6.54 Å². The molecule has 1 rings (SSSR count). The van der Waals surface area contributed by atoms with Crippen LogP contribution in [0, 0.1) is 5.92 Å². The number of hydrogen-bond acceptors (Lipinski definition) is 3. The summed E-state index contributed by atoms with van der Waals surface area (Å²) in [7, 11) is 0. The Morgan fingerprint density at radius 1 is 1.21 bits per heavy atom. The van der Waals surface area contributed by atoms with Gasteiger partial charge in [0.25, 0.3) is 0 Å². The van der Waals surface area contributed by atoms with E-state index in [-0.39, 0.29) is 24.9 Å². The Bertz CT molecular complexity index is 288. The number of carbonyl (C=O) groups excluding carboxylic acids is 2. The van der Waals surface area contributed by atoms with Gasteiger partial charge in [0.05, 0.1) is 13.1 Å². The van der Waals surface area contributed by atoms with Gasteiger partial charge in [-0.2, -0.15) is 0 Å². The van der Waals surface area contributed by atoms with E-state index in [1.165, 1.54) is 32.1 Å². The average Bonchev–Trinajstić information content (AvgIpc) is 2.37. The highest BCUT2D eigenvalue weighted by Gasteiger charge is 2.17. The lowest BCUT2D eigenvalue weighted by Crippen LogP contribution is -2.42. The van der Waals surface area contributed by atoms with Crippen LogP contribution in [0.2, 0.25) is 0 Å². The van der Waals surface area contributed by atoms with Gasteiger partial charge in [0.2, 0.25) is 11.8 Å². The molecule has 1 saturated carbocycles. The molecule has 0 aromatic carbocycles. The number of hydrogen-bond donors (Lipinski definition) is 2. The monoisotopic (exact) mass is 269 g/mol. The Morgan fingerprint density at radius 3 is 2.47 bits per heavy atom. The molecule has 5 nitrogen and oxygen atoms in total. The highest BCUT2D eigenvalue weighted by molar-refractivity contribution is 5.80. The molecule has 1 aliphatic carbocycles. The number of nitrogens with two attached hydrogens (primary N) is 1. The Morgan fingerprint density at radius 2 is 1.89 bits per heavy atom. The standard InChI is InChI=1S/C14H27N3O2/c1-2-16-14(19)11-17(10-13(15)18)9-8-12-6-4-3-5-7-12/h12H,2-11H2,1H3,(H2,15,18)(H,16,19). The van der Waals surface area contributed by atoms with Crippen molar-refractivity contribution in [3.8, 4) is 0 Å². The smallest absolute Gasteiger partial charge is 0.234 e. The maximum Gasteiger partial charge on any atom is 0.234 e. The van der Waals surface area contributed by atoms with E-state index < -0.39 is 0 Å². The summed E-state index contributed by atoms with van der Waals surface area (Å²) in [6.07, 6.45) is 7.61. The van der Waals surface area contributed by atoms with E-state index in [0.29, 0.717) is 6.54 Å². The zero-order valence-electron chi connectivity index (χ0n) is 12.0. The van der Waals surface area contributed by atoms with Gasteiger partial charge in [-0.1, -0.05) is 32.1 Å². The average molecular weight is 269 g/mol. The zero-order valence-corrected chi connectivity index (χ0v) is 12.0. The van der Waals surface area contributed by atoms with Crippen LogP contribution in [0.5, 0.6) is 0 Å². The van der Waals surface area contributed by atoms with E-state index in [2.05, 4.69) is 5.32 Å². The Hall–Kier alpha value is -1.10. The highest BCUT2D eigenvalue weighted by atomic mass is 16.2. The molecular formula is C14H27N3O2. The fourth-order valence-electron chi connectivity index (χ4n) is 2.73. The first kappa shape index (κ1) is 16.0. The van der Waals surface area contributed by atoms with Crippen molar-refractivity contribution in [3.05, 3.63) is 0 Å². The van der Waals surface area contributed by atoms with Crippen LogP contribution in [0.4, 0.5) is 0 Å². The van der Waals surface area contributed by atoms with Crippen molar-refractivity contribution in [2.45, 2.75) is 45.4 Å². The van der Waals surface area contributed by atoms with Crippen molar-refractivity contribution >= 4 is 11.8 Å². The lowest BCUT2D eigenvalue weighted by atomic mass is 9.87. The fraction of sp³-hybridized carbons (Fsp3) is 0.857. The summed E-state index contributed by atoms with van der Waals surface area (Å²) in [5.41, 5.74) is 5.24. The summed E-state index contributed by atoms with van der Waals surface area (Å²) < 4.78 is 0. The van der Waals surface area contributed by atoms with Crippen LogP contribution in [0.25, 0.3) is 0 Å². The van der Waals surface area contributed by atoms with Crippen LogP contribution in [0.1, 0.15) is 45.4 Å². The van der Waals surface area contributed by atoms with Crippen LogP contribution in [0.3, 0.4) is 0 Å². The predicted octanol–water partition coefficient (Wildman–Crippen LogP) is 0.880. The number of amides is 2. The molecule has 0 aromatic rings. The molecule has 0 unspecified atom stereocenters. The van der Waals surface area contributed by atoms with Gasteiger partial charge < -0.3 is 11.1 Å². The normalized spacial score (nSPS) is 16.5. The third kappa shape index (κ3) is 7.15. The molecule has 1 fully saturated rings. The Labute approximate surface area is 115 Å². The first-order valence-electron chi connectivity index (χ1n) is 7.39. The number of primary amides is 1. The van der Waals surface area contributed by atoms with Gasteiger partial charge in [-0.3, -0.25) is 14.5 Å². The molecule has 2 amide bonds. The van der Waals surface area contributed by atoms with E-state index in [4.69, 9.17) is 5.73 Å². The molecule has 1 aliphatic rings. The minimum absolute atomic E-state index is 0.0348. The maximum atomic E-state index is 11.6. The minimum Gasteiger partial charge on any atom is -0.369 e. The van der Waals surface area contributed by atoms with Crippen molar-refractivity contribution in [2.75, 3.05) is 26.2 Å². The number of nitrogens with zero attached hydrogens (tertiary/aromatic N) is 1. The zero-order chi connectivity index (χ0) is 14.1. The first-order valence-corrected chi connectivity index (χ1v) is 7.39. The van der Waals surface area contributed by atoms with Gasteiger partial charge in [0.1, 0.15) is 0 Å². The molecule has 0 spiro atoms. The van der Waals surface area contributed by atoms with Gasteiger partial charge in [0.15, 0.2) is 0 Å². The molecule has 0 bridgehead atoms. The summed E-state index contributed by atoms with van der Waals surface area (Å²) in [5.74, 6) is 0.346. The molecule has 0 aliphatic heterocycles. The second kappa shape index (κ2) is 8.91. The van der Waals surface area contributed by atoms with Crippen molar-refractivity contribution in [3.63, 3.8) is 0 Å². The third-order valence-electron chi connectivity index (χ3n) is 3.70. The maximum absolute atomic E-state index is 11.6. The van der Waals surface area contributed by atoms with E-state index in [0.717, 1.165) is 18.9 Å². The summed E-state index contributed by atoms with van der Waals surface area (Å²) >= 11 is 0. The molecule has 110 valence electrons. The molecule has 0 heterocycles. The first-order chi connectivity index (χ1) is 9.11. The van der Waals surface area contributed by atoms with Gasteiger partial charge >= 0.3 is 0 Å². The molecule has 0 radical (unpaired) electrons. The molecule has 0 aromatic heterocycles. The van der Waals surface area contributed by atoms with Crippen molar-refractivity contribution in [2.24, 2.45) is 11.7 Å². The van der Waals surface area contributed by atoms with E-state index in [1.54, 1.807) is 0 Å². The summed E-state index contributed by atoms with van der Waals surface area (Å²) in [6, 6.07) is 0. The second-order valence-corrected chi connectivity index (χ2v) is 5.42. The topological polar surface area (TPSA) is 75.4 Å². The van der Waals surface area contributed by atoms with Gasteiger partial charge in [-0.15, -0.1) is 0 Å². The molecule has 19 heavy (non-hydrogen) atoms. The van der Waals surface area contributed by atoms with Crippen molar-refractivity contribution in [1.82, 2.24) is 10.2 Å². The number of rotatable bonds is 8. The Kier molecular flexibility index (Phi) is 7.48. The van der Waals surface area contributed by atoms with E-state index in [1.807, 2.05) is 11.8 Å². The minimum atomic E-state index is -0.368. The quantitative estimate of drug-likeness (QED) is 0.687. The predicted molar refractivity (Wildman–Crippen MR) is 75.5 cm³/mol. The van der Waals surface area contributed by atoms with Crippen molar-refractivity contribution < 1.29 is 9.59 Å². The number of carbonyl (C=O) groups is 2. The van der Waals surface area contributed by atoms with E-state index >= 15 is 0 Å². The van der Waals surface area contributed by atoms with Crippen LogP contribution >= 0.6 is 0 Å². The molecular weight excluding hydrogens is 242 g/mol. The third-order valence-corrected chi connectivity index (χ3v) is 3.70. The van der Waals surface area contributed by atoms with Crippen LogP contribution in [0.15, 0.2) is 0 Å². The van der Waals surface area contributed by atoms with E-state index in [9.17, 15) is 9.59 Å². The van der Waals surface area contributed by atoms with Crippen LogP contribution in [-0.2, 0) is 9.59 Å². The van der Waals surface area contributed by atoms with Gasteiger partial charge in [-0.25, -0.2) is 0 Å². The molecule has 5 heteroatoms. The lowest BCUT2D eigenvalue weighted by Gasteiger charge is -2.25. The lowest BCUT2D eigenvalue weighted by molar-refractivity contribution is -0.123. The fourth-order valence-corrected chi connectivity index (χ4v) is 2.73. The highest BCUT2D eigenvalue weighted by Crippen LogP contribution is 2.26. The van der Waals surface area contributed by atoms with Crippen LogP contribution in [-0.4, -0.2) is 42.9 Å². The molecule has 0 atom stereocenters. The SMILES string of the molecule is CCNC(=O)CN(CCC1CCCCC1)CC(N)=O. The summed E-state index contributed by atoms with van der Waals surface area (Å²) in [4.78, 5) is 24.5. The molecule has 3 N–H and O–H groups in total. The summed E-state index contributed by atoms with van der Waals surface area (Å²) in [5, 5.41) is 2.75. The largest absolute Gasteiger partial charge is 0.369 e. The number of nitrogens with one attached hydrogen (secondary N) is 1.